The Labute approximate surface area is 149 Å². The molecule has 0 amide bonds. The van der Waals surface area contributed by atoms with E-state index >= 15 is 0 Å². The number of nitro benzene ring substituents is 2. The fraction of sp³-hybridized carbons (Fsp3) is 0.263. The monoisotopic (exact) mass is 351 g/mol. The van der Waals surface area contributed by atoms with E-state index in [1.165, 1.54) is 6.07 Å². The fourth-order valence-corrected chi connectivity index (χ4v) is 4.23. The highest BCUT2D eigenvalue weighted by Crippen LogP contribution is 2.52. The minimum atomic E-state index is -0.395. The number of nitro groups is 2. The summed E-state index contributed by atoms with van der Waals surface area (Å²) in [4.78, 5) is 22.0. The molecule has 0 saturated heterocycles. The van der Waals surface area contributed by atoms with Crippen molar-refractivity contribution < 1.29 is 9.85 Å². The molecule has 0 radical (unpaired) electrons. The first-order valence-corrected chi connectivity index (χ1v) is 8.43. The van der Waals surface area contributed by atoms with Crippen molar-refractivity contribution in [1.82, 2.24) is 0 Å². The molecule has 7 nitrogen and oxygen atoms in total. The van der Waals surface area contributed by atoms with Crippen molar-refractivity contribution in [2.45, 2.75) is 25.3 Å². The van der Waals surface area contributed by atoms with Gasteiger partial charge in [-0.2, -0.15) is 0 Å². The van der Waals surface area contributed by atoms with Crippen LogP contribution in [-0.2, 0) is 0 Å². The van der Waals surface area contributed by atoms with Crippen LogP contribution >= 0.6 is 0 Å². The van der Waals surface area contributed by atoms with Crippen LogP contribution in [0.2, 0.25) is 0 Å². The molecule has 0 bridgehead atoms. The zero-order chi connectivity index (χ0) is 18.4. The Balaban J connectivity index is 1.88. The van der Waals surface area contributed by atoms with Gasteiger partial charge < -0.3 is 5.32 Å². The summed E-state index contributed by atoms with van der Waals surface area (Å²) in [6.45, 7) is 1.72. The Bertz CT molecular complexity index is 954. The Morgan fingerprint density at radius 3 is 2.46 bits per heavy atom. The molecule has 2 aromatic carbocycles. The second kappa shape index (κ2) is 5.94. The lowest BCUT2D eigenvalue weighted by Crippen LogP contribution is -2.30. The van der Waals surface area contributed by atoms with Gasteiger partial charge in [-0.3, -0.25) is 20.2 Å². The van der Waals surface area contributed by atoms with Crippen LogP contribution in [0.5, 0.6) is 0 Å². The summed E-state index contributed by atoms with van der Waals surface area (Å²) in [6, 6.07) is 9.79. The van der Waals surface area contributed by atoms with Gasteiger partial charge in [0, 0.05) is 23.7 Å². The van der Waals surface area contributed by atoms with E-state index in [1.54, 1.807) is 37.3 Å². The van der Waals surface area contributed by atoms with Gasteiger partial charge in [-0.25, -0.2) is 0 Å². The van der Waals surface area contributed by atoms with Gasteiger partial charge in [-0.15, -0.1) is 0 Å². The number of nitrogens with one attached hydrogen (secondary N) is 1. The molecule has 0 spiro atoms. The highest BCUT2D eigenvalue weighted by Gasteiger charge is 2.41. The molecule has 3 unspecified atom stereocenters. The third-order valence-electron chi connectivity index (χ3n) is 5.43. The maximum absolute atomic E-state index is 11.5. The second-order valence-corrected chi connectivity index (χ2v) is 6.72. The SMILES string of the molecule is Cc1c([N+](=O)[O-])ccc2c1NC(c1ccccc1[N+](=O)[O-])C1CC=CC21. The number of allylic oxidation sites excluding steroid dienone is 2. The number of fused-ring (bicyclic) bond motifs is 3. The Hall–Kier alpha value is -3.22. The van der Waals surface area contributed by atoms with Crippen LogP contribution in [0.25, 0.3) is 0 Å². The highest BCUT2D eigenvalue weighted by molar-refractivity contribution is 5.70. The van der Waals surface area contributed by atoms with E-state index in [0.717, 1.165) is 17.7 Å². The van der Waals surface area contributed by atoms with E-state index < -0.39 is 4.92 Å². The molecule has 2 aliphatic rings. The Kier molecular flexibility index (Phi) is 3.72. The number of para-hydroxylation sites is 1. The summed E-state index contributed by atoms with van der Waals surface area (Å²) in [5.74, 6) is 0.236. The molecule has 132 valence electrons. The van der Waals surface area contributed by atoms with E-state index in [1.807, 2.05) is 0 Å². The summed E-state index contributed by atoms with van der Waals surface area (Å²) in [6.07, 6.45) is 5.01. The number of anilines is 1. The number of nitrogens with zero attached hydrogens (tertiary/aromatic N) is 2. The molecule has 1 aliphatic carbocycles. The van der Waals surface area contributed by atoms with Crippen molar-refractivity contribution >= 4 is 17.1 Å². The zero-order valence-corrected chi connectivity index (χ0v) is 14.1. The fourth-order valence-electron chi connectivity index (χ4n) is 4.23. The van der Waals surface area contributed by atoms with Crippen molar-refractivity contribution in [2.75, 3.05) is 5.32 Å². The smallest absolute Gasteiger partial charge is 0.274 e. The lowest BCUT2D eigenvalue weighted by atomic mass is 9.76. The minimum Gasteiger partial charge on any atom is -0.377 e. The largest absolute Gasteiger partial charge is 0.377 e. The molecule has 0 saturated carbocycles. The number of hydrogen-bond acceptors (Lipinski definition) is 5. The maximum Gasteiger partial charge on any atom is 0.274 e. The highest BCUT2D eigenvalue weighted by atomic mass is 16.6. The van der Waals surface area contributed by atoms with Crippen molar-refractivity contribution in [2.24, 2.45) is 5.92 Å². The van der Waals surface area contributed by atoms with Gasteiger partial charge in [0.25, 0.3) is 11.4 Å². The topological polar surface area (TPSA) is 98.3 Å². The van der Waals surface area contributed by atoms with Crippen molar-refractivity contribution in [3.63, 3.8) is 0 Å². The Morgan fingerprint density at radius 1 is 1.00 bits per heavy atom. The first-order valence-electron chi connectivity index (χ1n) is 8.43. The first-order chi connectivity index (χ1) is 12.5. The van der Waals surface area contributed by atoms with E-state index in [9.17, 15) is 20.2 Å². The van der Waals surface area contributed by atoms with Gasteiger partial charge in [0.05, 0.1) is 27.0 Å². The van der Waals surface area contributed by atoms with Crippen LogP contribution in [0.15, 0.2) is 48.6 Å². The summed E-state index contributed by atoms with van der Waals surface area (Å²) >= 11 is 0. The Morgan fingerprint density at radius 2 is 1.73 bits per heavy atom. The number of benzene rings is 2. The van der Waals surface area contributed by atoms with Crippen LogP contribution < -0.4 is 5.32 Å². The van der Waals surface area contributed by atoms with Crippen LogP contribution in [-0.4, -0.2) is 9.85 Å². The van der Waals surface area contributed by atoms with E-state index in [2.05, 4.69) is 17.5 Å². The normalized spacial score (nSPS) is 23.0. The molecular weight excluding hydrogens is 334 g/mol. The average molecular weight is 351 g/mol. The van der Waals surface area contributed by atoms with Crippen LogP contribution in [0.4, 0.5) is 17.1 Å². The van der Waals surface area contributed by atoms with Gasteiger partial charge in [0.1, 0.15) is 0 Å². The third-order valence-corrected chi connectivity index (χ3v) is 5.43. The van der Waals surface area contributed by atoms with Crippen molar-refractivity contribution in [3.8, 4) is 0 Å². The summed E-state index contributed by atoms with van der Waals surface area (Å²) < 4.78 is 0. The van der Waals surface area contributed by atoms with E-state index in [4.69, 9.17) is 0 Å². The first kappa shape index (κ1) is 16.3. The third kappa shape index (κ3) is 2.35. The molecule has 4 rings (SSSR count). The molecule has 26 heavy (non-hydrogen) atoms. The molecule has 0 aromatic heterocycles. The van der Waals surface area contributed by atoms with Gasteiger partial charge in [0.15, 0.2) is 0 Å². The predicted octanol–water partition coefficient (Wildman–Crippen LogP) is 4.64. The van der Waals surface area contributed by atoms with Crippen LogP contribution in [0, 0.1) is 33.1 Å². The standard InChI is InChI=1S/C19H17N3O4/c1-11-16(21(23)24)10-9-14-12-6-4-7-13(12)19(20-18(11)14)15-5-2-3-8-17(15)22(25)26/h2-6,8-10,12-13,19-20H,7H2,1H3. The lowest BCUT2D eigenvalue weighted by molar-refractivity contribution is -0.385. The second-order valence-electron chi connectivity index (χ2n) is 6.72. The van der Waals surface area contributed by atoms with Crippen molar-refractivity contribution in [1.29, 1.82) is 0 Å². The van der Waals surface area contributed by atoms with Gasteiger partial charge in [-0.05, 0) is 30.9 Å². The van der Waals surface area contributed by atoms with Gasteiger partial charge in [-0.1, -0.05) is 30.4 Å². The summed E-state index contributed by atoms with van der Waals surface area (Å²) in [7, 11) is 0. The molecular formula is C19H17N3O4. The zero-order valence-electron chi connectivity index (χ0n) is 14.1. The summed E-state index contributed by atoms with van der Waals surface area (Å²) in [5.41, 5.74) is 3.04. The van der Waals surface area contributed by atoms with Crippen LogP contribution in [0.3, 0.4) is 0 Å². The van der Waals surface area contributed by atoms with Gasteiger partial charge >= 0.3 is 0 Å². The number of rotatable bonds is 3. The van der Waals surface area contributed by atoms with Gasteiger partial charge in [0.2, 0.25) is 0 Å². The van der Waals surface area contributed by atoms with E-state index in [-0.39, 0.29) is 34.2 Å². The molecule has 7 heteroatoms. The average Bonchev–Trinajstić information content (AvgIpc) is 3.11. The molecule has 1 aliphatic heterocycles. The molecule has 3 atom stereocenters. The van der Waals surface area contributed by atoms with Crippen LogP contribution in [0.1, 0.15) is 35.1 Å². The minimum absolute atomic E-state index is 0.0537. The molecule has 2 aromatic rings. The quantitative estimate of drug-likeness (QED) is 0.493. The maximum atomic E-state index is 11.5. The lowest BCUT2D eigenvalue weighted by Gasteiger charge is -2.37. The summed E-state index contributed by atoms with van der Waals surface area (Å²) in [5, 5.41) is 26.2. The predicted molar refractivity (Wildman–Crippen MR) is 97.3 cm³/mol. The molecule has 1 heterocycles. The molecule has 1 N–H and O–H groups in total. The number of hydrogen-bond donors (Lipinski definition) is 1. The molecule has 0 fully saturated rings. The van der Waals surface area contributed by atoms with Crippen molar-refractivity contribution in [3.05, 3.63) is 85.5 Å². The van der Waals surface area contributed by atoms with E-state index in [0.29, 0.717) is 11.1 Å².